The highest BCUT2D eigenvalue weighted by Crippen LogP contribution is 2.06. The van der Waals surface area contributed by atoms with E-state index in [1.807, 2.05) is 0 Å². The fraction of sp³-hybridized carbons (Fsp3) is 0.143. The van der Waals surface area contributed by atoms with Crippen molar-refractivity contribution < 1.29 is 4.43 Å². The molecular weight excluding hydrogens is 128 g/mol. The summed E-state index contributed by atoms with van der Waals surface area (Å²) in [6.45, 7) is 10.9. The third-order valence-electron chi connectivity index (χ3n) is 1.31. The van der Waals surface area contributed by atoms with Crippen LogP contribution in [0.5, 0.6) is 0 Å². The van der Waals surface area contributed by atoms with Crippen LogP contribution >= 0.6 is 0 Å². The molecule has 0 bridgehead atoms. The third kappa shape index (κ3) is 1.66. The Morgan fingerprint density at radius 2 is 1.44 bits per heavy atom. The predicted octanol–water partition coefficient (Wildman–Crippen LogP) is 1.75. The van der Waals surface area contributed by atoms with E-state index in [1.54, 1.807) is 24.2 Å². The molecule has 0 heterocycles. The molecule has 0 rings (SSSR count). The van der Waals surface area contributed by atoms with E-state index in [1.165, 1.54) is 0 Å². The third-order valence-corrected chi connectivity index (χ3v) is 3.93. The summed E-state index contributed by atoms with van der Waals surface area (Å²) in [7, 11) is -0.250. The van der Waals surface area contributed by atoms with Gasteiger partial charge < -0.3 is 4.43 Å². The van der Waals surface area contributed by atoms with Gasteiger partial charge in [0.2, 0.25) is 0 Å². The average Bonchev–Trinajstić information content (AvgIpc) is 1.95. The Labute approximate surface area is 57.5 Å². The van der Waals surface area contributed by atoms with Crippen LogP contribution in [0.25, 0.3) is 0 Å². The molecule has 0 radical (unpaired) electrons. The standard InChI is InChI=1S/C7H12OSi/c1-5-9(6-2,7-3)8-4/h5-7H,1-3H2,4H3. The SMILES string of the molecule is C=C[Si](C=C)(C=C)OC. The average molecular weight is 140 g/mol. The lowest BCUT2D eigenvalue weighted by Crippen LogP contribution is -2.29. The van der Waals surface area contributed by atoms with E-state index in [0.29, 0.717) is 0 Å². The van der Waals surface area contributed by atoms with Crippen LogP contribution in [0.15, 0.2) is 36.8 Å². The monoisotopic (exact) mass is 140 g/mol. The molecule has 0 aliphatic heterocycles. The van der Waals surface area contributed by atoms with E-state index in [4.69, 9.17) is 4.43 Å². The largest absolute Gasteiger partial charge is 0.409 e. The molecule has 0 unspecified atom stereocenters. The van der Waals surface area contributed by atoms with Gasteiger partial charge in [0.05, 0.1) is 0 Å². The molecule has 0 aromatic rings. The van der Waals surface area contributed by atoms with Crippen molar-refractivity contribution in [3.05, 3.63) is 36.8 Å². The highest BCUT2D eigenvalue weighted by Gasteiger charge is 2.20. The normalized spacial score (nSPS) is 10.3. The Morgan fingerprint density at radius 3 is 1.44 bits per heavy atom. The Hall–Kier alpha value is -0.603. The van der Waals surface area contributed by atoms with Crippen molar-refractivity contribution in [1.82, 2.24) is 0 Å². The van der Waals surface area contributed by atoms with Gasteiger partial charge in [0.15, 0.2) is 0 Å². The van der Waals surface area contributed by atoms with Crippen LogP contribution in [-0.2, 0) is 4.43 Å². The molecule has 0 amide bonds. The summed E-state index contributed by atoms with van der Waals surface area (Å²) in [5.74, 6) is 0. The molecule has 0 spiro atoms. The Morgan fingerprint density at radius 1 is 1.11 bits per heavy atom. The van der Waals surface area contributed by atoms with Crippen molar-refractivity contribution in [3.8, 4) is 0 Å². The quantitative estimate of drug-likeness (QED) is 0.541. The van der Waals surface area contributed by atoms with Crippen LogP contribution in [-0.4, -0.2) is 15.4 Å². The van der Waals surface area contributed by atoms with Gasteiger partial charge in [-0.15, -0.1) is 19.7 Å². The maximum absolute atomic E-state index is 5.17. The van der Waals surface area contributed by atoms with Gasteiger partial charge in [-0.2, -0.15) is 0 Å². The molecule has 9 heavy (non-hydrogen) atoms. The highest BCUT2D eigenvalue weighted by atomic mass is 28.4. The van der Waals surface area contributed by atoms with Gasteiger partial charge in [0.1, 0.15) is 0 Å². The molecule has 0 saturated carbocycles. The zero-order chi connectivity index (χ0) is 7.33. The van der Waals surface area contributed by atoms with Crippen molar-refractivity contribution >= 4 is 8.32 Å². The first-order chi connectivity index (χ1) is 4.24. The molecule has 0 aliphatic carbocycles. The predicted molar refractivity (Wildman–Crippen MR) is 43.4 cm³/mol. The topological polar surface area (TPSA) is 9.23 Å². The van der Waals surface area contributed by atoms with E-state index in [-0.39, 0.29) is 0 Å². The summed E-state index contributed by atoms with van der Waals surface area (Å²) in [4.78, 5) is 0. The van der Waals surface area contributed by atoms with Crippen LogP contribution in [0.2, 0.25) is 0 Å². The zero-order valence-corrected chi connectivity index (χ0v) is 6.76. The fourth-order valence-electron chi connectivity index (χ4n) is 0.500. The zero-order valence-electron chi connectivity index (χ0n) is 5.76. The highest BCUT2D eigenvalue weighted by molar-refractivity contribution is 6.87. The van der Waals surface area contributed by atoms with E-state index in [9.17, 15) is 0 Å². The van der Waals surface area contributed by atoms with Crippen LogP contribution in [0.3, 0.4) is 0 Å². The van der Waals surface area contributed by atoms with Gasteiger partial charge in [-0.05, 0) is 0 Å². The Bertz CT molecular complexity index is 107. The maximum atomic E-state index is 5.17. The lowest BCUT2D eigenvalue weighted by atomic mass is 11.2. The van der Waals surface area contributed by atoms with Crippen LogP contribution < -0.4 is 0 Å². The summed E-state index contributed by atoms with van der Waals surface area (Å²) in [5, 5.41) is 0. The van der Waals surface area contributed by atoms with Gasteiger partial charge in [-0.3, -0.25) is 0 Å². The minimum Gasteiger partial charge on any atom is -0.409 e. The molecular formula is C7H12OSi. The van der Waals surface area contributed by atoms with E-state index < -0.39 is 8.32 Å². The molecule has 0 aromatic heterocycles. The smallest absolute Gasteiger partial charge is 0.264 e. The van der Waals surface area contributed by atoms with Gasteiger partial charge >= 0.3 is 0 Å². The summed E-state index contributed by atoms with van der Waals surface area (Å²) in [6, 6.07) is 0. The maximum Gasteiger partial charge on any atom is 0.264 e. The molecule has 1 nitrogen and oxygen atoms in total. The van der Waals surface area contributed by atoms with Crippen molar-refractivity contribution in [2.45, 2.75) is 0 Å². The first kappa shape index (κ1) is 8.40. The first-order valence-corrected chi connectivity index (χ1v) is 4.84. The van der Waals surface area contributed by atoms with Crippen molar-refractivity contribution in [3.63, 3.8) is 0 Å². The molecule has 0 N–H and O–H groups in total. The number of hydrogen-bond donors (Lipinski definition) is 0. The van der Waals surface area contributed by atoms with Gasteiger partial charge in [0.25, 0.3) is 8.32 Å². The van der Waals surface area contributed by atoms with Crippen LogP contribution in [0.1, 0.15) is 0 Å². The summed E-state index contributed by atoms with van der Waals surface area (Å²) in [6.07, 6.45) is 0. The molecule has 0 aromatic carbocycles. The second kappa shape index (κ2) is 3.43. The van der Waals surface area contributed by atoms with Crippen LogP contribution in [0.4, 0.5) is 0 Å². The lowest BCUT2D eigenvalue weighted by Gasteiger charge is -2.15. The Balaban J connectivity index is 4.34. The molecule has 2 heteroatoms. The minimum absolute atomic E-state index is 1.65. The number of hydrogen-bond acceptors (Lipinski definition) is 1. The summed E-state index contributed by atoms with van der Waals surface area (Å²) < 4.78 is 5.17. The second-order valence-corrected chi connectivity index (χ2v) is 5.01. The minimum atomic E-state index is -1.90. The Kier molecular flexibility index (Phi) is 3.20. The van der Waals surface area contributed by atoms with Crippen LogP contribution in [0, 0.1) is 0 Å². The lowest BCUT2D eigenvalue weighted by molar-refractivity contribution is 0.424. The molecule has 0 aliphatic rings. The molecule has 50 valence electrons. The van der Waals surface area contributed by atoms with Gasteiger partial charge in [-0.1, -0.05) is 17.1 Å². The fourth-order valence-corrected chi connectivity index (χ4v) is 1.50. The molecule has 0 saturated heterocycles. The summed E-state index contributed by atoms with van der Waals surface area (Å²) >= 11 is 0. The summed E-state index contributed by atoms with van der Waals surface area (Å²) in [5.41, 5.74) is 5.35. The van der Waals surface area contributed by atoms with E-state index in [2.05, 4.69) is 19.7 Å². The second-order valence-electron chi connectivity index (χ2n) is 1.67. The van der Waals surface area contributed by atoms with Gasteiger partial charge in [-0.25, -0.2) is 0 Å². The number of rotatable bonds is 4. The van der Waals surface area contributed by atoms with Gasteiger partial charge in [0, 0.05) is 7.11 Å². The van der Waals surface area contributed by atoms with Crippen molar-refractivity contribution in [1.29, 1.82) is 0 Å². The first-order valence-electron chi connectivity index (χ1n) is 2.70. The van der Waals surface area contributed by atoms with Crippen molar-refractivity contribution in [2.24, 2.45) is 0 Å². The van der Waals surface area contributed by atoms with E-state index >= 15 is 0 Å². The molecule has 0 atom stereocenters. The van der Waals surface area contributed by atoms with Crippen molar-refractivity contribution in [2.75, 3.05) is 7.11 Å². The van der Waals surface area contributed by atoms with E-state index in [0.717, 1.165) is 0 Å². The molecule has 0 fully saturated rings.